The minimum atomic E-state index is 0.245. The van der Waals surface area contributed by atoms with Crippen LogP contribution in [0.15, 0.2) is 12.3 Å². The number of aryl methyl sites for hydroxylation is 1. The normalized spacial score (nSPS) is 19.3. The Morgan fingerprint density at radius 2 is 2.14 bits per heavy atom. The van der Waals surface area contributed by atoms with Gasteiger partial charge in [-0.05, 0) is 39.8 Å². The van der Waals surface area contributed by atoms with Gasteiger partial charge in [-0.25, -0.2) is 0 Å². The molecule has 0 unspecified atom stereocenters. The van der Waals surface area contributed by atoms with Gasteiger partial charge >= 0.3 is 0 Å². The highest BCUT2D eigenvalue weighted by Crippen LogP contribution is 2.50. The summed E-state index contributed by atoms with van der Waals surface area (Å²) < 4.78 is 1.89. The molecule has 0 N–H and O–H groups in total. The van der Waals surface area contributed by atoms with E-state index in [-0.39, 0.29) is 5.54 Å². The molecule has 1 aliphatic carbocycles. The quantitative estimate of drug-likeness (QED) is 0.729. The summed E-state index contributed by atoms with van der Waals surface area (Å²) in [5, 5.41) is 4.52. The Hall–Kier alpha value is -0.830. The van der Waals surface area contributed by atoms with Gasteiger partial charge in [0.05, 0.1) is 11.2 Å². The fourth-order valence-corrected chi connectivity index (χ4v) is 2.07. The predicted molar refractivity (Wildman–Crippen MR) is 57.0 cm³/mol. The van der Waals surface area contributed by atoms with Gasteiger partial charge in [-0.1, -0.05) is 0 Å². The highest BCUT2D eigenvalue weighted by molar-refractivity contribution is 5.22. The van der Waals surface area contributed by atoms with Crippen molar-refractivity contribution in [1.82, 2.24) is 14.7 Å². The summed E-state index contributed by atoms with van der Waals surface area (Å²) in [6, 6.07) is 2.73. The predicted octanol–water partition coefficient (Wildman–Crippen LogP) is 1.75. The van der Waals surface area contributed by atoms with Gasteiger partial charge in [0.1, 0.15) is 0 Å². The van der Waals surface area contributed by atoms with Gasteiger partial charge in [-0.2, -0.15) is 5.10 Å². The number of aromatic nitrogens is 2. The Kier molecular flexibility index (Phi) is 2.14. The minimum absolute atomic E-state index is 0.245. The van der Waals surface area contributed by atoms with Crippen LogP contribution in [-0.2, 0) is 12.6 Å². The van der Waals surface area contributed by atoms with E-state index in [1.165, 1.54) is 18.5 Å². The van der Waals surface area contributed by atoms with Gasteiger partial charge in [0.15, 0.2) is 0 Å². The molecule has 2 rings (SSSR count). The van der Waals surface area contributed by atoms with E-state index in [0.29, 0.717) is 6.04 Å². The first-order chi connectivity index (χ1) is 6.56. The van der Waals surface area contributed by atoms with Crippen LogP contribution in [0.3, 0.4) is 0 Å². The summed E-state index contributed by atoms with van der Waals surface area (Å²) in [5.74, 6) is 0. The summed E-state index contributed by atoms with van der Waals surface area (Å²) in [5.41, 5.74) is 1.48. The van der Waals surface area contributed by atoms with E-state index in [0.717, 1.165) is 0 Å². The second kappa shape index (κ2) is 3.09. The molecule has 0 amide bonds. The first-order valence-electron chi connectivity index (χ1n) is 5.29. The molecule has 0 bridgehead atoms. The summed E-state index contributed by atoms with van der Waals surface area (Å²) >= 11 is 0. The lowest BCUT2D eigenvalue weighted by molar-refractivity contribution is 0.171. The molecule has 1 aromatic rings. The van der Waals surface area contributed by atoms with Gasteiger partial charge in [-0.15, -0.1) is 0 Å². The van der Waals surface area contributed by atoms with Crippen LogP contribution in [-0.4, -0.2) is 27.8 Å². The van der Waals surface area contributed by atoms with E-state index in [1.807, 2.05) is 17.9 Å². The Morgan fingerprint density at radius 3 is 2.50 bits per heavy atom. The van der Waals surface area contributed by atoms with Crippen LogP contribution in [0.2, 0.25) is 0 Å². The van der Waals surface area contributed by atoms with Crippen LogP contribution in [0.4, 0.5) is 0 Å². The van der Waals surface area contributed by atoms with Crippen molar-refractivity contribution in [2.45, 2.75) is 38.3 Å². The maximum atomic E-state index is 4.52. The number of hydrogen-bond acceptors (Lipinski definition) is 2. The van der Waals surface area contributed by atoms with Crippen LogP contribution in [0.25, 0.3) is 0 Å². The lowest BCUT2D eigenvalue weighted by atomic mass is 10.1. The first-order valence-corrected chi connectivity index (χ1v) is 5.29. The molecule has 0 atom stereocenters. The molecule has 1 aromatic heterocycles. The smallest absolute Gasteiger partial charge is 0.0827 e. The molecular weight excluding hydrogens is 174 g/mol. The first kappa shape index (κ1) is 9.71. The number of hydrogen-bond donors (Lipinski definition) is 0. The standard InChI is InChI=1S/C11H19N3/c1-9(2)14(4)11(6-7-11)10-5-8-13(3)12-10/h5,8-9H,6-7H2,1-4H3. The molecule has 0 aromatic carbocycles. The minimum Gasteiger partial charge on any atom is -0.293 e. The molecule has 14 heavy (non-hydrogen) atoms. The molecule has 1 heterocycles. The van der Waals surface area contributed by atoms with Gasteiger partial charge in [0, 0.05) is 19.3 Å². The van der Waals surface area contributed by atoms with Crippen LogP contribution in [0, 0.1) is 0 Å². The monoisotopic (exact) mass is 193 g/mol. The van der Waals surface area contributed by atoms with Crippen molar-refractivity contribution in [1.29, 1.82) is 0 Å². The van der Waals surface area contributed by atoms with Crippen LogP contribution < -0.4 is 0 Å². The lowest BCUT2D eigenvalue weighted by Crippen LogP contribution is -2.37. The molecular formula is C11H19N3. The van der Waals surface area contributed by atoms with Gasteiger partial charge in [-0.3, -0.25) is 9.58 Å². The fraction of sp³-hybridized carbons (Fsp3) is 0.727. The van der Waals surface area contributed by atoms with Crippen LogP contribution in [0.5, 0.6) is 0 Å². The summed E-state index contributed by atoms with van der Waals surface area (Å²) in [6.45, 7) is 4.48. The van der Waals surface area contributed by atoms with Gasteiger partial charge in [0.2, 0.25) is 0 Å². The highest BCUT2D eigenvalue weighted by Gasteiger charge is 2.50. The topological polar surface area (TPSA) is 21.1 Å². The van der Waals surface area contributed by atoms with Crippen molar-refractivity contribution in [3.8, 4) is 0 Å². The molecule has 78 valence electrons. The molecule has 1 fully saturated rings. The van der Waals surface area contributed by atoms with Gasteiger partial charge in [0.25, 0.3) is 0 Å². The lowest BCUT2D eigenvalue weighted by Gasteiger charge is -2.30. The Balaban J connectivity index is 2.25. The third kappa shape index (κ3) is 1.36. The molecule has 1 aliphatic rings. The average Bonchev–Trinajstić information content (AvgIpc) is 2.83. The average molecular weight is 193 g/mol. The summed E-state index contributed by atoms with van der Waals surface area (Å²) in [6.07, 6.45) is 4.53. The van der Waals surface area contributed by atoms with Crippen molar-refractivity contribution in [3.63, 3.8) is 0 Å². The molecule has 1 saturated carbocycles. The van der Waals surface area contributed by atoms with E-state index < -0.39 is 0 Å². The molecule has 0 aliphatic heterocycles. The Morgan fingerprint density at radius 1 is 1.50 bits per heavy atom. The van der Waals surface area contributed by atoms with Crippen molar-refractivity contribution < 1.29 is 0 Å². The van der Waals surface area contributed by atoms with Crippen LogP contribution in [0.1, 0.15) is 32.4 Å². The van der Waals surface area contributed by atoms with Crippen molar-refractivity contribution >= 4 is 0 Å². The van der Waals surface area contributed by atoms with Crippen molar-refractivity contribution in [3.05, 3.63) is 18.0 Å². The second-order valence-electron chi connectivity index (χ2n) is 4.61. The van der Waals surface area contributed by atoms with E-state index in [2.05, 4.69) is 37.0 Å². The highest BCUT2D eigenvalue weighted by atomic mass is 15.3. The SMILES string of the molecule is CC(C)N(C)C1(c2ccn(C)n2)CC1. The maximum absolute atomic E-state index is 4.52. The van der Waals surface area contributed by atoms with Crippen LogP contribution >= 0.6 is 0 Å². The molecule has 0 spiro atoms. The third-order valence-corrected chi connectivity index (χ3v) is 3.36. The Bertz CT molecular complexity index is 323. The van der Waals surface area contributed by atoms with E-state index in [4.69, 9.17) is 0 Å². The summed E-state index contributed by atoms with van der Waals surface area (Å²) in [4.78, 5) is 2.44. The van der Waals surface area contributed by atoms with E-state index in [9.17, 15) is 0 Å². The van der Waals surface area contributed by atoms with Crippen molar-refractivity contribution in [2.75, 3.05) is 7.05 Å². The van der Waals surface area contributed by atoms with Gasteiger partial charge < -0.3 is 0 Å². The zero-order valence-corrected chi connectivity index (χ0v) is 9.49. The largest absolute Gasteiger partial charge is 0.293 e. The second-order valence-corrected chi connectivity index (χ2v) is 4.61. The molecule has 0 saturated heterocycles. The molecule has 3 heteroatoms. The van der Waals surface area contributed by atoms with Crippen molar-refractivity contribution in [2.24, 2.45) is 7.05 Å². The maximum Gasteiger partial charge on any atom is 0.0827 e. The van der Waals surface area contributed by atoms with E-state index in [1.54, 1.807) is 0 Å². The summed E-state index contributed by atoms with van der Waals surface area (Å²) in [7, 11) is 4.18. The Labute approximate surface area is 85.7 Å². The zero-order chi connectivity index (χ0) is 10.3. The zero-order valence-electron chi connectivity index (χ0n) is 9.49. The fourth-order valence-electron chi connectivity index (χ4n) is 2.07. The molecule has 3 nitrogen and oxygen atoms in total. The number of nitrogens with zero attached hydrogens (tertiary/aromatic N) is 3. The molecule has 0 radical (unpaired) electrons. The van der Waals surface area contributed by atoms with E-state index >= 15 is 0 Å². The third-order valence-electron chi connectivity index (χ3n) is 3.36. The number of rotatable bonds is 3.